The first-order chi connectivity index (χ1) is 3.25. The summed E-state index contributed by atoms with van der Waals surface area (Å²) in [5, 5.41) is 0. The van der Waals surface area contributed by atoms with Crippen molar-refractivity contribution < 1.29 is 21.6 Å². The van der Waals surface area contributed by atoms with Crippen LogP contribution in [0.3, 0.4) is 0 Å². The Kier molecular flexibility index (Phi) is 4.71. The van der Waals surface area contributed by atoms with Crippen LogP contribution in [0.5, 0.6) is 0 Å². The van der Waals surface area contributed by atoms with Crippen molar-refractivity contribution in [2.45, 2.75) is 5.51 Å². The summed E-state index contributed by atoms with van der Waals surface area (Å²) in [6.45, 7) is 0. The summed E-state index contributed by atoms with van der Waals surface area (Å²) in [4.78, 5) is 0. The van der Waals surface area contributed by atoms with Gasteiger partial charge in [-0.1, -0.05) is 0 Å². The van der Waals surface area contributed by atoms with Crippen LogP contribution >= 0.6 is 0 Å². The van der Waals surface area contributed by atoms with E-state index < -0.39 is 13.4 Å². The minimum atomic E-state index is -5.09. The molecule has 0 saturated heterocycles. The molecule has 2 nitrogen and oxygen atoms in total. The summed E-state index contributed by atoms with van der Waals surface area (Å²) in [5.74, 6) is 0. The Bertz CT molecular complexity index is 169. The third-order valence-electron chi connectivity index (χ3n) is 0.420. The topological polar surface area (TPSA) is 34.1 Å². The van der Waals surface area contributed by atoms with Crippen LogP contribution < -0.4 is 0 Å². The molecule has 0 fully saturated rings. The quantitative estimate of drug-likeness (QED) is 0.438. The van der Waals surface area contributed by atoms with Gasteiger partial charge in [0.2, 0.25) is 0 Å². The molecule has 0 aliphatic heterocycles. The Morgan fingerprint density at radius 3 is 1.33 bits per heavy atom. The Hall–Kier alpha value is 0.935. The Labute approximate surface area is 70.4 Å². The number of alkyl halides is 3. The minimum absolute atomic E-state index is 0. The Balaban J connectivity index is 0. The van der Waals surface area contributed by atoms with Gasteiger partial charge in [-0.25, -0.2) is 0 Å². The second-order valence-corrected chi connectivity index (χ2v) is 3.23. The van der Waals surface area contributed by atoms with Gasteiger partial charge in [-0.2, -0.15) is 0 Å². The molecule has 1 radical (unpaired) electrons. The molecular weight excluding hydrogens is 147 g/mol. The standard InChI is InChI=1S/CF3O2S.2Li/c2-1(3,4)7(5)6;;. The number of halogens is 3. The van der Waals surface area contributed by atoms with Gasteiger partial charge < -0.3 is 0 Å². The van der Waals surface area contributed by atoms with Crippen LogP contribution in [-0.2, 0) is 7.94 Å². The molecular formula is CF3Li2O2S. The summed E-state index contributed by atoms with van der Waals surface area (Å²) in [6, 6.07) is 0. The molecule has 0 amide bonds. The zero-order valence-electron chi connectivity index (χ0n) is 4.86. The van der Waals surface area contributed by atoms with Crippen molar-refractivity contribution in [3.05, 3.63) is 0 Å². The molecule has 8 heteroatoms. The monoisotopic (exact) mass is 147 g/mol. The molecule has 0 spiro atoms. The van der Waals surface area contributed by atoms with Crippen LogP contribution in [0.25, 0.3) is 0 Å². The van der Waals surface area contributed by atoms with E-state index in [0.717, 1.165) is 0 Å². The van der Waals surface area contributed by atoms with Crippen molar-refractivity contribution in [2.24, 2.45) is 0 Å². The van der Waals surface area contributed by atoms with Crippen molar-refractivity contribution in [1.82, 2.24) is 0 Å². The average Bonchev–Trinajstić information content (AvgIpc) is 1.25. The van der Waals surface area contributed by atoms with Gasteiger partial charge in [-0.05, 0) is 0 Å². The van der Waals surface area contributed by atoms with Crippen molar-refractivity contribution in [1.29, 1.82) is 0 Å². The molecule has 0 bridgehead atoms. The fourth-order valence-electron chi connectivity index (χ4n) is 0. The maximum atomic E-state index is 11.0. The zero-order valence-corrected chi connectivity index (χ0v) is 5.68. The molecule has 0 aliphatic rings. The average molecular weight is 147 g/mol. The molecule has 0 N–H and O–H groups in total. The molecule has 0 unspecified atom stereocenters. The molecule has 0 aromatic carbocycles. The zero-order chi connectivity index (χ0) is 7.00. The van der Waals surface area contributed by atoms with E-state index in [4.69, 9.17) is 0 Å². The van der Waals surface area contributed by atoms with Gasteiger partial charge in [0.1, 0.15) is 0 Å². The van der Waals surface area contributed by atoms with Crippen LogP contribution in [0, 0.1) is 0 Å². The van der Waals surface area contributed by atoms with Crippen LogP contribution in [0.1, 0.15) is 0 Å². The fraction of sp³-hybridized carbons (Fsp3) is 1.00. The van der Waals surface area contributed by atoms with Gasteiger partial charge in [0, 0.05) is 18.9 Å². The van der Waals surface area contributed by atoms with E-state index in [1.165, 1.54) is 0 Å². The Morgan fingerprint density at radius 1 is 1.22 bits per heavy atom. The molecule has 0 saturated carbocycles. The Morgan fingerprint density at radius 2 is 1.33 bits per heavy atom. The van der Waals surface area contributed by atoms with Crippen LogP contribution in [0.2, 0.25) is 0 Å². The van der Waals surface area contributed by atoms with Crippen molar-refractivity contribution in [3.63, 3.8) is 0 Å². The maximum absolute atomic E-state index is 11.0. The van der Waals surface area contributed by atoms with Gasteiger partial charge in [-0.15, -0.1) is 0 Å². The molecule has 0 aromatic heterocycles. The SMILES string of the molecule is [Li].[Li][S](=O)(=O)C(F)(F)F. The van der Waals surface area contributed by atoms with Crippen LogP contribution in [0.15, 0.2) is 0 Å². The predicted molar refractivity (Wildman–Crippen MR) is 26.5 cm³/mol. The van der Waals surface area contributed by atoms with Gasteiger partial charge >= 0.3 is 51.6 Å². The molecule has 0 atom stereocenters. The van der Waals surface area contributed by atoms with Gasteiger partial charge in [-0.3, -0.25) is 0 Å². The first-order valence-electron chi connectivity index (χ1n) is 1.51. The number of hydrogen-bond donors (Lipinski definition) is 0. The van der Waals surface area contributed by atoms with Gasteiger partial charge in [0.15, 0.2) is 0 Å². The van der Waals surface area contributed by atoms with Gasteiger partial charge in [0.05, 0.1) is 0 Å². The fourth-order valence-corrected chi connectivity index (χ4v) is 0. The summed E-state index contributed by atoms with van der Waals surface area (Å²) in [5.41, 5.74) is -5.09. The molecule has 0 aromatic rings. The first kappa shape index (κ1) is 12.6. The molecule has 0 rings (SSSR count). The summed E-state index contributed by atoms with van der Waals surface area (Å²) in [6.07, 6.45) is 0. The first-order valence-corrected chi connectivity index (χ1v) is 3.40. The van der Waals surface area contributed by atoms with E-state index >= 15 is 0 Å². The van der Waals surface area contributed by atoms with E-state index in [1.807, 2.05) is 0 Å². The normalized spacial score (nSPS) is 12.6. The third-order valence-corrected chi connectivity index (χ3v) is 1.26. The molecule has 0 heterocycles. The molecule has 0 aliphatic carbocycles. The van der Waals surface area contributed by atoms with E-state index in [0.29, 0.717) is 0 Å². The van der Waals surface area contributed by atoms with Crippen LogP contribution in [-0.4, -0.2) is 49.3 Å². The second-order valence-electron chi connectivity index (χ2n) is 1.22. The van der Waals surface area contributed by atoms with Crippen molar-refractivity contribution in [3.8, 4) is 0 Å². The number of hydrogen-bond acceptors (Lipinski definition) is 2. The van der Waals surface area contributed by atoms with Crippen LogP contribution in [0.4, 0.5) is 13.2 Å². The van der Waals surface area contributed by atoms with Crippen molar-refractivity contribution >= 4 is 43.3 Å². The summed E-state index contributed by atoms with van der Waals surface area (Å²) in [7, 11) is -4.84. The van der Waals surface area contributed by atoms with E-state index in [9.17, 15) is 21.6 Å². The second kappa shape index (κ2) is 3.36. The molecule has 45 valence electrons. The van der Waals surface area contributed by atoms with E-state index in [1.54, 1.807) is 0 Å². The van der Waals surface area contributed by atoms with E-state index in [-0.39, 0.29) is 35.4 Å². The summed E-state index contributed by atoms with van der Waals surface area (Å²) < 4.78 is 52.0. The number of rotatable bonds is 0. The predicted octanol–water partition coefficient (Wildman–Crippen LogP) is -0.376. The van der Waals surface area contributed by atoms with Crippen molar-refractivity contribution in [2.75, 3.05) is 0 Å². The van der Waals surface area contributed by atoms with Gasteiger partial charge in [0.25, 0.3) is 0 Å². The summed E-state index contributed by atoms with van der Waals surface area (Å²) >= 11 is 0.118. The van der Waals surface area contributed by atoms with E-state index in [2.05, 4.69) is 0 Å². The third kappa shape index (κ3) is 4.35. The molecule has 9 heavy (non-hydrogen) atoms.